The van der Waals surface area contributed by atoms with Gasteiger partial charge in [-0.1, -0.05) is 24.3 Å². The molecule has 128 valence electrons. The number of pyridine rings is 2. The SMILES string of the molecule is Cn1c2c(c(=O)c3ccccc31)Cc1c(c(=O)c3ccccc3n1C)C2. The molecule has 2 aromatic heterocycles. The minimum Gasteiger partial charge on any atom is -0.347 e. The van der Waals surface area contributed by atoms with Gasteiger partial charge >= 0.3 is 0 Å². The number of hydrogen-bond donors (Lipinski definition) is 0. The van der Waals surface area contributed by atoms with Gasteiger partial charge in [-0.2, -0.15) is 0 Å². The molecule has 4 nitrogen and oxygen atoms in total. The van der Waals surface area contributed by atoms with E-state index in [1.807, 2.05) is 62.6 Å². The molecule has 2 aromatic carbocycles. The normalized spacial score (nSPS) is 13.0. The van der Waals surface area contributed by atoms with Crippen molar-refractivity contribution in [3.05, 3.63) is 91.5 Å². The van der Waals surface area contributed by atoms with E-state index in [4.69, 9.17) is 0 Å². The van der Waals surface area contributed by atoms with E-state index < -0.39 is 0 Å². The fraction of sp³-hybridized carbons (Fsp3) is 0.182. The summed E-state index contributed by atoms with van der Waals surface area (Å²) in [6, 6.07) is 15.4. The predicted molar refractivity (Wildman–Crippen MR) is 104 cm³/mol. The molecule has 0 N–H and O–H groups in total. The van der Waals surface area contributed by atoms with Crippen LogP contribution in [0.4, 0.5) is 0 Å². The van der Waals surface area contributed by atoms with Crippen LogP contribution in [0.5, 0.6) is 0 Å². The van der Waals surface area contributed by atoms with Gasteiger partial charge in [-0.15, -0.1) is 0 Å². The van der Waals surface area contributed by atoms with Crippen LogP contribution in [0.1, 0.15) is 22.5 Å². The second-order valence-electron chi connectivity index (χ2n) is 7.01. The largest absolute Gasteiger partial charge is 0.347 e. The third-order valence-electron chi connectivity index (χ3n) is 5.76. The molecular formula is C22H18N2O2. The van der Waals surface area contributed by atoms with Gasteiger partial charge in [-0.3, -0.25) is 9.59 Å². The molecule has 0 aliphatic heterocycles. The molecule has 1 aliphatic rings. The molecule has 5 rings (SSSR count). The van der Waals surface area contributed by atoms with Crippen LogP contribution < -0.4 is 10.9 Å². The first-order chi connectivity index (χ1) is 12.6. The zero-order valence-electron chi connectivity index (χ0n) is 14.7. The summed E-state index contributed by atoms with van der Waals surface area (Å²) in [6.07, 6.45) is 0.998. The molecule has 0 fully saturated rings. The van der Waals surface area contributed by atoms with Crippen LogP contribution in [-0.4, -0.2) is 9.13 Å². The van der Waals surface area contributed by atoms with Gasteiger partial charge in [-0.05, 0) is 24.3 Å². The molecule has 1 aliphatic carbocycles. The summed E-state index contributed by atoms with van der Waals surface area (Å²) in [7, 11) is 3.97. The Morgan fingerprint density at radius 2 is 1.04 bits per heavy atom. The van der Waals surface area contributed by atoms with E-state index in [0.717, 1.165) is 44.3 Å². The smallest absolute Gasteiger partial charge is 0.193 e. The minimum atomic E-state index is 0.0833. The van der Waals surface area contributed by atoms with Gasteiger partial charge in [0.05, 0.1) is 11.0 Å². The van der Waals surface area contributed by atoms with Gasteiger partial charge in [0.15, 0.2) is 10.9 Å². The van der Waals surface area contributed by atoms with Crippen molar-refractivity contribution in [2.24, 2.45) is 14.1 Å². The zero-order chi connectivity index (χ0) is 18.0. The van der Waals surface area contributed by atoms with Crippen LogP contribution in [0.3, 0.4) is 0 Å². The Morgan fingerprint density at radius 3 is 1.46 bits per heavy atom. The summed E-state index contributed by atoms with van der Waals surface area (Å²) < 4.78 is 4.15. The van der Waals surface area contributed by atoms with Crippen molar-refractivity contribution in [2.45, 2.75) is 12.8 Å². The summed E-state index contributed by atoms with van der Waals surface area (Å²) in [5, 5.41) is 1.48. The number of para-hydroxylation sites is 2. The molecule has 0 saturated carbocycles. The first kappa shape index (κ1) is 15.1. The van der Waals surface area contributed by atoms with Crippen LogP contribution >= 0.6 is 0 Å². The zero-order valence-corrected chi connectivity index (χ0v) is 14.7. The highest BCUT2D eigenvalue weighted by Gasteiger charge is 2.26. The number of benzene rings is 2. The lowest BCUT2D eigenvalue weighted by Gasteiger charge is -2.25. The van der Waals surface area contributed by atoms with E-state index in [2.05, 4.69) is 9.13 Å². The third kappa shape index (κ3) is 1.84. The molecule has 2 heterocycles. The third-order valence-corrected chi connectivity index (χ3v) is 5.76. The highest BCUT2D eigenvalue weighted by atomic mass is 16.1. The second-order valence-corrected chi connectivity index (χ2v) is 7.01. The Morgan fingerprint density at radius 1 is 0.654 bits per heavy atom. The minimum absolute atomic E-state index is 0.0833. The maximum absolute atomic E-state index is 13.1. The molecule has 4 aromatic rings. The lowest BCUT2D eigenvalue weighted by atomic mass is 9.89. The fourth-order valence-corrected chi connectivity index (χ4v) is 4.35. The topological polar surface area (TPSA) is 44.0 Å². The molecule has 0 amide bonds. The number of nitrogens with zero attached hydrogens (tertiary/aromatic N) is 2. The van der Waals surface area contributed by atoms with Crippen molar-refractivity contribution in [3.8, 4) is 0 Å². The van der Waals surface area contributed by atoms with Crippen LogP contribution in [-0.2, 0) is 26.9 Å². The van der Waals surface area contributed by atoms with Crippen LogP contribution in [0.2, 0.25) is 0 Å². The summed E-state index contributed by atoms with van der Waals surface area (Å²) >= 11 is 0. The molecular weight excluding hydrogens is 324 g/mol. The van der Waals surface area contributed by atoms with Gasteiger partial charge in [0.25, 0.3) is 0 Å². The predicted octanol–water partition coefficient (Wildman–Crippen LogP) is 2.89. The van der Waals surface area contributed by atoms with Crippen LogP contribution in [0.25, 0.3) is 21.8 Å². The number of rotatable bonds is 0. The first-order valence-corrected chi connectivity index (χ1v) is 8.77. The summed E-state index contributed by atoms with van der Waals surface area (Å²) in [5.74, 6) is 0. The van der Waals surface area contributed by atoms with E-state index in [1.165, 1.54) is 0 Å². The van der Waals surface area contributed by atoms with Gasteiger partial charge in [-0.25, -0.2) is 0 Å². The van der Waals surface area contributed by atoms with E-state index in [0.29, 0.717) is 12.8 Å². The lowest BCUT2D eigenvalue weighted by Crippen LogP contribution is -2.30. The van der Waals surface area contributed by atoms with Gasteiger partial charge < -0.3 is 9.13 Å². The highest BCUT2D eigenvalue weighted by Crippen LogP contribution is 2.27. The fourth-order valence-electron chi connectivity index (χ4n) is 4.35. The van der Waals surface area contributed by atoms with Crippen molar-refractivity contribution in [1.82, 2.24) is 9.13 Å². The molecule has 0 radical (unpaired) electrons. The molecule has 0 atom stereocenters. The average Bonchev–Trinajstić information content (AvgIpc) is 2.69. The number of hydrogen-bond acceptors (Lipinski definition) is 2. The Labute approximate surface area is 149 Å². The van der Waals surface area contributed by atoms with E-state index in [9.17, 15) is 9.59 Å². The van der Waals surface area contributed by atoms with Crippen molar-refractivity contribution in [1.29, 1.82) is 0 Å². The quantitative estimate of drug-likeness (QED) is 0.434. The Kier molecular flexibility index (Phi) is 3.02. The first-order valence-electron chi connectivity index (χ1n) is 8.77. The molecule has 26 heavy (non-hydrogen) atoms. The maximum atomic E-state index is 13.1. The Bertz CT molecular complexity index is 1240. The second kappa shape index (κ2) is 5.18. The lowest BCUT2D eigenvalue weighted by molar-refractivity contribution is 0.758. The average molecular weight is 342 g/mol. The maximum Gasteiger partial charge on any atom is 0.193 e. The molecule has 4 heteroatoms. The highest BCUT2D eigenvalue weighted by molar-refractivity contribution is 5.82. The number of aryl methyl sites for hydroxylation is 2. The summed E-state index contributed by atoms with van der Waals surface area (Å²) in [5.41, 5.74) is 5.52. The molecule has 0 unspecified atom stereocenters. The molecule has 0 bridgehead atoms. The number of fused-ring (bicyclic) bond motifs is 4. The van der Waals surface area contributed by atoms with E-state index >= 15 is 0 Å². The summed E-state index contributed by atoms with van der Waals surface area (Å²) in [6.45, 7) is 0. The molecule has 0 spiro atoms. The van der Waals surface area contributed by atoms with Crippen LogP contribution in [0, 0.1) is 0 Å². The van der Waals surface area contributed by atoms with Crippen molar-refractivity contribution in [3.63, 3.8) is 0 Å². The summed E-state index contributed by atoms with van der Waals surface area (Å²) in [4.78, 5) is 26.2. The standard InChI is InChI=1S/C22H18N2O2/c1-23-17-9-5-3-7-13(17)21(25)15-12-20-16(11-19(15)23)22(26)14-8-4-6-10-18(14)24(20)2/h3-10H,11-12H2,1-2H3. The monoisotopic (exact) mass is 342 g/mol. The van der Waals surface area contributed by atoms with Crippen LogP contribution in [0.15, 0.2) is 58.1 Å². The Balaban J connectivity index is 1.88. The van der Waals surface area contributed by atoms with Gasteiger partial charge in [0.1, 0.15) is 0 Å². The number of aromatic nitrogens is 2. The Hall–Kier alpha value is -3.14. The van der Waals surface area contributed by atoms with E-state index in [-0.39, 0.29) is 10.9 Å². The van der Waals surface area contributed by atoms with Crippen molar-refractivity contribution in [2.75, 3.05) is 0 Å². The molecule has 0 saturated heterocycles. The van der Waals surface area contributed by atoms with Gasteiger partial charge in [0.2, 0.25) is 0 Å². The van der Waals surface area contributed by atoms with Crippen molar-refractivity contribution >= 4 is 21.8 Å². The van der Waals surface area contributed by atoms with Crippen molar-refractivity contribution < 1.29 is 0 Å². The van der Waals surface area contributed by atoms with Gasteiger partial charge in [0, 0.05) is 60.2 Å². The van der Waals surface area contributed by atoms with E-state index in [1.54, 1.807) is 0 Å².